The molecule has 0 radical (unpaired) electrons. The van der Waals surface area contributed by atoms with Crippen molar-refractivity contribution in [1.82, 2.24) is 4.31 Å². The molecule has 0 unspecified atom stereocenters. The van der Waals surface area contributed by atoms with Crippen LogP contribution in [0.4, 0.5) is 0 Å². The lowest BCUT2D eigenvalue weighted by molar-refractivity contribution is 0.475. The van der Waals surface area contributed by atoms with Gasteiger partial charge in [-0.05, 0) is 59.2 Å². The molecule has 1 aliphatic rings. The zero-order chi connectivity index (χ0) is 21.1. The average molecular weight is 438 g/mol. The predicted octanol–water partition coefficient (Wildman–Crippen LogP) is 5.58. The van der Waals surface area contributed by atoms with Gasteiger partial charge in [0.25, 0.3) is 0 Å². The summed E-state index contributed by atoms with van der Waals surface area (Å²) in [7, 11) is -2.03. The maximum atomic E-state index is 12.9. The van der Waals surface area contributed by atoms with E-state index in [9.17, 15) is 8.42 Å². The van der Waals surface area contributed by atoms with Crippen molar-refractivity contribution in [1.29, 1.82) is 0 Å². The van der Waals surface area contributed by atoms with E-state index >= 15 is 0 Å². The number of sulfonamides is 1. The molecular formula is C25H24ClNO2S. The second-order valence-corrected chi connectivity index (χ2v) is 9.90. The number of nitrogens with zero attached hydrogens (tertiary/aromatic N) is 1. The molecule has 0 amide bonds. The van der Waals surface area contributed by atoms with Crippen molar-refractivity contribution in [2.45, 2.75) is 24.2 Å². The van der Waals surface area contributed by atoms with Crippen molar-refractivity contribution >= 4 is 27.2 Å². The van der Waals surface area contributed by atoms with Crippen LogP contribution in [0.25, 0.3) is 5.57 Å². The van der Waals surface area contributed by atoms with Crippen molar-refractivity contribution < 1.29 is 8.42 Å². The molecule has 3 aromatic rings. The molecule has 0 bridgehead atoms. The average Bonchev–Trinajstić information content (AvgIpc) is 2.91. The Balaban J connectivity index is 1.62. The quantitative estimate of drug-likeness (QED) is 0.522. The molecule has 0 atom stereocenters. The summed E-state index contributed by atoms with van der Waals surface area (Å²) in [6.45, 7) is 0.376. The molecular weight excluding hydrogens is 414 g/mol. The Hall–Kier alpha value is -2.40. The first-order valence-corrected chi connectivity index (χ1v) is 11.9. The SMILES string of the molecule is CN(CCC=C1c2ccccc2CCc2ccccc21)S(=O)(=O)c1ccccc1Cl. The molecule has 0 aliphatic heterocycles. The first kappa shape index (κ1) is 20.9. The second kappa shape index (κ2) is 8.76. The summed E-state index contributed by atoms with van der Waals surface area (Å²) in [6.07, 6.45) is 4.79. The highest BCUT2D eigenvalue weighted by Crippen LogP contribution is 2.33. The van der Waals surface area contributed by atoms with Crippen LogP contribution >= 0.6 is 11.6 Å². The Bertz CT molecular complexity index is 1150. The number of hydrogen-bond donors (Lipinski definition) is 0. The third-order valence-electron chi connectivity index (χ3n) is 5.60. The Morgan fingerprint density at radius 1 is 0.867 bits per heavy atom. The van der Waals surface area contributed by atoms with E-state index in [0.29, 0.717) is 13.0 Å². The molecule has 4 rings (SSSR count). The highest BCUT2D eigenvalue weighted by Gasteiger charge is 2.23. The Morgan fingerprint density at radius 3 is 2.00 bits per heavy atom. The van der Waals surface area contributed by atoms with Crippen LogP contribution < -0.4 is 0 Å². The zero-order valence-electron chi connectivity index (χ0n) is 16.9. The summed E-state index contributed by atoms with van der Waals surface area (Å²) in [5.41, 5.74) is 6.31. The Labute approximate surface area is 183 Å². The number of benzene rings is 3. The van der Waals surface area contributed by atoms with Gasteiger partial charge in [-0.2, -0.15) is 0 Å². The fourth-order valence-electron chi connectivity index (χ4n) is 3.97. The summed E-state index contributed by atoms with van der Waals surface area (Å²) in [5, 5.41) is 0.245. The van der Waals surface area contributed by atoms with E-state index in [4.69, 9.17) is 11.6 Å². The maximum absolute atomic E-state index is 12.9. The van der Waals surface area contributed by atoms with E-state index in [0.717, 1.165) is 12.8 Å². The zero-order valence-corrected chi connectivity index (χ0v) is 18.5. The number of rotatable bonds is 5. The van der Waals surface area contributed by atoms with E-state index < -0.39 is 10.0 Å². The minimum atomic E-state index is -3.63. The molecule has 0 saturated carbocycles. The van der Waals surface area contributed by atoms with Crippen molar-refractivity contribution in [3.05, 3.63) is 106 Å². The monoisotopic (exact) mass is 437 g/mol. The third kappa shape index (κ3) is 4.08. The fourth-order valence-corrected chi connectivity index (χ4v) is 5.64. The predicted molar refractivity (Wildman–Crippen MR) is 123 cm³/mol. The largest absolute Gasteiger partial charge is 0.244 e. The van der Waals surface area contributed by atoms with Gasteiger partial charge in [0.05, 0.1) is 5.02 Å². The summed E-state index contributed by atoms with van der Waals surface area (Å²) in [4.78, 5) is 0.145. The molecule has 3 nitrogen and oxygen atoms in total. The van der Waals surface area contributed by atoms with Gasteiger partial charge < -0.3 is 0 Å². The fraction of sp³-hybridized carbons (Fsp3) is 0.200. The van der Waals surface area contributed by atoms with Crippen LogP contribution in [0.3, 0.4) is 0 Å². The van der Waals surface area contributed by atoms with Crippen LogP contribution in [0.15, 0.2) is 83.8 Å². The Morgan fingerprint density at radius 2 is 1.40 bits per heavy atom. The molecule has 0 aromatic heterocycles. The molecule has 0 spiro atoms. The van der Waals surface area contributed by atoms with Gasteiger partial charge in [-0.25, -0.2) is 12.7 Å². The van der Waals surface area contributed by atoms with Crippen LogP contribution in [-0.2, 0) is 22.9 Å². The second-order valence-electron chi connectivity index (χ2n) is 7.48. The molecule has 1 aliphatic carbocycles. The number of halogens is 1. The molecule has 3 aromatic carbocycles. The molecule has 5 heteroatoms. The van der Waals surface area contributed by atoms with Gasteiger partial charge in [-0.15, -0.1) is 0 Å². The van der Waals surface area contributed by atoms with Crippen molar-refractivity contribution in [3.8, 4) is 0 Å². The van der Waals surface area contributed by atoms with E-state index in [1.54, 1.807) is 31.3 Å². The van der Waals surface area contributed by atoms with Gasteiger partial charge in [0, 0.05) is 13.6 Å². The highest BCUT2D eigenvalue weighted by atomic mass is 35.5. The van der Waals surface area contributed by atoms with Gasteiger partial charge >= 0.3 is 0 Å². The summed E-state index contributed by atoms with van der Waals surface area (Å²) in [6, 6.07) is 23.5. The lowest BCUT2D eigenvalue weighted by Gasteiger charge is -2.18. The van der Waals surface area contributed by atoms with Crippen LogP contribution in [0.5, 0.6) is 0 Å². The van der Waals surface area contributed by atoms with Crippen molar-refractivity contribution in [2.24, 2.45) is 0 Å². The minimum Gasteiger partial charge on any atom is -0.207 e. The highest BCUT2D eigenvalue weighted by molar-refractivity contribution is 7.89. The van der Waals surface area contributed by atoms with Crippen LogP contribution in [0.1, 0.15) is 28.7 Å². The summed E-state index contributed by atoms with van der Waals surface area (Å²) >= 11 is 6.12. The minimum absolute atomic E-state index is 0.145. The topological polar surface area (TPSA) is 37.4 Å². The Kier molecular flexibility index (Phi) is 6.09. The van der Waals surface area contributed by atoms with Gasteiger partial charge in [-0.3, -0.25) is 0 Å². The smallest absolute Gasteiger partial charge is 0.207 e. The van der Waals surface area contributed by atoms with E-state index in [1.807, 2.05) is 0 Å². The van der Waals surface area contributed by atoms with E-state index in [1.165, 1.54) is 32.1 Å². The number of hydrogen-bond acceptors (Lipinski definition) is 2. The molecule has 0 fully saturated rings. The van der Waals surface area contributed by atoms with E-state index in [-0.39, 0.29) is 9.92 Å². The first-order valence-electron chi connectivity index (χ1n) is 10.1. The van der Waals surface area contributed by atoms with Gasteiger partial charge in [-0.1, -0.05) is 78.3 Å². The lowest BCUT2D eigenvalue weighted by atomic mass is 9.93. The third-order valence-corrected chi connectivity index (χ3v) is 7.95. The molecule has 30 heavy (non-hydrogen) atoms. The van der Waals surface area contributed by atoms with Crippen LogP contribution in [0.2, 0.25) is 5.02 Å². The number of aryl methyl sites for hydroxylation is 2. The summed E-state index contributed by atoms with van der Waals surface area (Å²) < 4.78 is 27.2. The lowest BCUT2D eigenvalue weighted by Crippen LogP contribution is -2.28. The molecule has 154 valence electrons. The molecule has 0 heterocycles. The first-order chi connectivity index (χ1) is 14.5. The normalized spacial score (nSPS) is 13.5. The van der Waals surface area contributed by atoms with Gasteiger partial charge in [0.1, 0.15) is 4.90 Å². The van der Waals surface area contributed by atoms with Crippen molar-refractivity contribution in [3.63, 3.8) is 0 Å². The van der Waals surface area contributed by atoms with E-state index in [2.05, 4.69) is 54.6 Å². The number of fused-ring (bicyclic) bond motifs is 2. The summed E-state index contributed by atoms with van der Waals surface area (Å²) in [5.74, 6) is 0. The van der Waals surface area contributed by atoms with Crippen molar-refractivity contribution in [2.75, 3.05) is 13.6 Å². The van der Waals surface area contributed by atoms with Crippen LogP contribution in [-0.4, -0.2) is 26.3 Å². The van der Waals surface area contributed by atoms with Gasteiger partial charge in [0.15, 0.2) is 0 Å². The maximum Gasteiger partial charge on any atom is 0.244 e. The molecule has 0 N–H and O–H groups in total. The standard InChI is InChI=1S/C25H24ClNO2S/c1-27(30(28,29)25-15-7-6-14-24(25)26)18-8-13-23-21-11-4-2-9-19(21)16-17-20-10-3-5-12-22(20)23/h2-7,9-15H,8,16-18H2,1H3. The van der Waals surface area contributed by atoms with Gasteiger partial charge in [0.2, 0.25) is 10.0 Å². The van der Waals surface area contributed by atoms with Crippen LogP contribution in [0, 0.1) is 0 Å². The molecule has 0 saturated heterocycles.